The number of carbonyl (C=O) groups is 2. The average Bonchev–Trinajstić information content (AvgIpc) is 3.21. The maximum atomic E-state index is 12.0. The molecular weight excluding hydrogens is 496 g/mol. The van der Waals surface area contributed by atoms with E-state index in [9.17, 15) is 9.59 Å². The maximum Gasteiger partial charge on any atom is 0.256 e. The molecule has 2 amide bonds. The topological polar surface area (TPSA) is 58.2 Å². The largest absolute Gasteiger partial charge is 0.326 e. The second kappa shape index (κ2) is 8.35. The molecule has 3 aromatic rings. The molecule has 0 atom stereocenters. The van der Waals surface area contributed by atoms with Gasteiger partial charge in [-0.05, 0) is 53.6 Å². The fourth-order valence-corrected chi connectivity index (χ4v) is 3.99. The molecule has 5 rings (SSSR count). The van der Waals surface area contributed by atoms with E-state index in [-0.39, 0.29) is 11.8 Å². The lowest BCUT2D eigenvalue weighted by Crippen LogP contribution is -2.03. The van der Waals surface area contributed by atoms with Crippen LogP contribution in [0.2, 0.25) is 0 Å². The van der Waals surface area contributed by atoms with E-state index in [0.29, 0.717) is 12.0 Å². The third kappa shape index (κ3) is 4.49. The minimum atomic E-state index is -0.0491. The zero-order chi connectivity index (χ0) is 20.4. The summed E-state index contributed by atoms with van der Waals surface area (Å²) in [7, 11) is 0. The van der Waals surface area contributed by atoms with Gasteiger partial charge >= 0.3 is 0 Å². The van der Waals surface area contributed by atoms with Crippen LogP contribution >= 0.6 is 31.9 Å². The molecule has 0 bridgehead atoms. The lowest BCUT2D eigenvalue weighted by molar-refractivity contribution is -0.115. The molecule has 0 aromatic heterocycles. The Balaban J connectivity index is 0.000000159. The Hall–Kier alpha value is -2.70. The van der Waals surface area contributed by atoms with E-state index >= 15 is 0 Å². The summed E-state index contributed by atoms with van der Waals surface area (Å²) in [5.74, 6) is 0.0325. The van der Waals surface area contributed by atoms with Gasteiger partial charge in [0.25, 0.3) is 5.91 Å². The van der Waals surface area contributed by atoms with Gasteiger partial charge < -0.3 is 10.6 Å². The first-order valence-corrected chi connectivity index (χ1v) is 10.5. The third-order valence-electron chi connectivity index (χ3n) is 4.57. The first-order valence-electron chi connectivity index (χ1n) is 8.96. The van der Waals surface area contributed by atoms with Crippen LogP contribution in [0.1, 0.15) is 16.7 Å². The zero-order valence-corrected chi connectivity index (χ0v) is 18.4. The number of benzene rings is 3. The highest BCUT2D eigenvalue weighted by atomic mass is 79.9. The first kappa shape index (κ1) is 19.6. The molecule has 2 aliphatic heterocycles. The molecule has 3 aromatic carbocycles. The normalized spacial score (nSPS) is 15.2. The van der Waals surface area contributed by atoms with E-state index in [4.69, 9.17) is 0 Å². The quantitative estimate of drug-likeness (QED) is 0.400. The van der Waals surface area contributed by atoms with Crippen molar-refractivity contribution in [1.29, 1.82) is 0 Å². The number of fused-ring (bicyclic) bond motifs is 2. The number of rotatable bonds is 1. The van der Waals surface area contributed by atoms with Crippen LogP contribution in [-0.4, -0.2) is 11.8 Å². The van der Waals surface area contributed by atoms with Gasteiger partial charge in [-0.3, -0.25) is 9.59 Å². The molecule has 0 spiro atoms. The van der Waals surface area contributed by atoms with Crippen LogP contribution in [-0.2, 0) is 16.0 Å². The summed E-state index contributed by atoms with van der Waals surface area (Å²) in [5.41, 5.74) is 5.55. The van der Waals surface area contributed by atoms with Crippen molar-refractivity contribution in [2.75, 3.05) is 10.6 Å². The van der Waals surface area contributed by atoms with Crippen LogP contribution in [0.5, 0.6) is 0 Å². The Kier molecular flexibility index (Phi) is 5.65. The van der Waals surface area contributed by atoms with Gasteiger partial charge in [-0.25, -0.2) is 0 Å². The Morgan fingerprint density at radius 2 is 1.48 bits per heavy atom. The van der Waals surface area contributed by atoms with Crippen LogP contribution in [0.4, 0.5) is 11.4 Å². The van der Waals surface area contributed by atoms with E-state index in [1.165, 1.54) is 0 Å². The molecule has 6 heteroatoms. The molecule has 4 nitrogen and oxygen atoms in total. The predicted molar refractivity (Wildman–Crippen MR) is 124 cm³/mol. The van der Waals surface area contributed by atoms with Crippen molar-refractivity contribution in [3.05, 3.63) is 92.4 Å². The summed E-state index contributed by atoms with van der Waals surface area (Å²) in [6.45, 7) is 0. The molecule has 0 radical (unpaired) electrons. The summed E-state index contributed by atoms with van der Waals surface area (Å²) in [5, 5.41) is 5.63. The molecule has 2 heterocycles. The summed E-state index contributed by atoms with van der Waals surface area (Å²) >= 11 is 6.78. The highest BCUT2D eigenvalue weighted by Crippen LogP contribution is 2.34. The highest BCUT2D eigenvalue weighted by Gasteiger charge is 2.23. The number of anilines is 2. The van der Waals surface area contributed by atoms with Crippen LogP contribution in [0.25, 0.3) is 11.6 Å². The summed E-state index contributed by atoms with van der Waals surface area (Å²) in [4.78, 5) is 22.8. The summed E-state index contributed by atoms with van der Waals surface area (Å²) in [6.07, 6.45) is 2.42. The number of hydrogen-bond donors (Lipinski definition) is 2. The molecule has 0 unspecified atom stereocenters. The van der Waals surface area contributed by atoms with Crippen molar-refractivity contribution in [3.8, 4) is 0 Å². The van der Waals surface area contributed by atoms with E-state index in [2.05, 4.69) is 42.5 Å². The van der Waals surface area contributed by atoms with E-state index in [1.54, 1.807) is 0 Å². The Labute approximate surface area is 185 Å². The van der Waals surface area contributed by atoms with E-state index < -0.39 is 0 Å². The molecule has 144 valence electrons. The number of nitrogens with one attached hydrogen (secondary N) is 2. The Morgan fingerprint density at radius 3 is 2.24 bits per heavy atom. The van der Waals surface area contributed by atoms with Gasteiger partial charge in [0.05, 0.1) is 6.42 Å². The second-order valence-corrected chi connectivity index (χ2v) is 8.47. The van der Waals surface area contributed by atoms with Gasteiger partial charge in [0.15, 0.2) is 0 Å². The van der Waals surface area contributed by atoms with Crippen molar-refractivity contribution >= 4 is 66.7 Å². The van der Waals surface area contributed by atoms with Crippen LogP contribution in [0, 0.1) is 0 Å². The monoisotopic (exact) mass is 510 g/mol. The SMILES string of the molecule is O=C1Cc2cc(Br)ccc2N1.O=C1Nc2ccc(Br)cc2/C1=C/c1ccccc1. The predicted octanol–water partition coefficient (Wildman–Crippen LogP) is 5.89. The lowest BCUT2D eigenvalue weighted by atomic mass is 10.0. The number of halogens is 2. The fourth-order valence-electron chi connectivity index (χ4n) is 3.22. The first-order chi connectivity index (χ1) is 14.0. The van der Waals surface area contributed by atoms with E-state index in [1.807, 2.05) is 72.8 Å². The van der Waals surface area contributed by atoms with Crippen LogP contribution in [0.3, 0.4) is 0 Å². The van der Waals surface area contributed by atoms with Crippen LogP contribution in [0.15, 0.2) is 75.7 Å². The maximum absolute atomic E-state index is 12.0. The van der Waals surface area contributed by atoms with Crippen molar-refractivity contribution < 1.29 is 9.59 Å². The minimum absolute atomic E-state index is 0.0491. The summed E-state index contributed by atoms with van der Waals surface area (Å²) in [6, 6.07) is 21.4. The third-order valence-corrected chi connectivity index (χ3v) is 5.55. The molecule has 0 saturated carbocycles. The molecular formula is C23H16Br2N2O2. The van der Waals surface area contributed by atoms with Crippen molar-refractivity contribution in [2.24, 2.45) is 0 Å². The van der Waals surface area contributed by atoms with Crippen molar-refractivity contribution in [1.82, 2.24) is 0 Å². The highest BCUT2D eigenvalue weighted by molar-refractivity contribution is 9.10. The van der Waals surface area contributed by atoms with E-state index in [0.717, 1.165) is 37.0 Å². The standard InChI is InChI=1S/C15H10BrNO.C8H6BrNO/c16-11-6-7-14-12(9-11)13(15(18)17-14)8-10-4-2-1-3-5-10;9-6-1-2-7-5(3-6)4-8(11)10-7/h1-9H,(H,17,18);1-3H,4H2,(H,10,11)/b13-8-;. The molecule has 2 aliphatic rings. The minimum Gasteiger partial charge on any atom is -0.326 e. The summed E-state index contributed by atoms with van der Waals surface area (Å²) < 4.78 is 1.99. The second-order valence-electron chi connectivity index (χ2n) is 6.64. The zero-order valence-electron chi connectivity index (χ0n) is 15.2. The fraction of sp³-hybridized carbons (Fsp3) is 0.0435. The number of carbonyl (C=O) groups excluding carboxylic acids is 2. The van der Waals surface area contributed by atoms with Crippen LogP contribution < -0.4 is 10.6 Å². The number of hydrogen-bond acceptors (Lipinski definition) is 2. The molecule has 29 heavy (non-hydrogen) atoms. The van der Waals surface area contributed by atoms with Gasteiger partial charge in [0.2, 0.25) is 5.91 Å². The van der Waals surface area contributed by atoms with Gasteiger partial charge in [-0.1, -0.05) is 62.2 Å². The smallest absolute Gasteiger partial charge is 0.256 e. The van der Waals surface area contributed by atoms with Gasteiger partial charge in [0.1, 0.15) is 0 Å². The molecule has 2 N–H and O–H groups in total. The van der Waals surface area contributed by atoms with Gasteiger partial charge in [-0.15, -0.1) is 0 Å². The molecule has 0 saturated heterocycles. The van der Waals surface area contributed by atoms with Crippen molar-refractivity contribution in [2.45, 2.75) is 6.42 Å². The Morgan fingerprint density at radius 1 is 0.793 bits per heavy atom. The van der Waals surface area contributed by atoms with Gasteiger partial charge in [-0.2, -0.15) is 0 Å². The van der Waals surface area contributed by atoms with Crippen molar-refractivity contribution in [3.63, 3.8) is 0 Å². The molecule has 0 aliphatic carbocycles. The average molecular weight is 512 g/mol. The Bertz CT molecular complexity index is 1140. The molecule has 0 fully saturated rings. The lowest BCUT2D eigenvalue weighted by Gasteiger charge is -1.99. The van der Waals surface area contributed by atoms with Gasteiger partial charge in [0, 0.05) is 31.5 Å². The number of amides is 2.